The summed E-state index contributed by atoms with van der Waals surface area (Å²) in [6.45, 7) is -0.133. The lowest BCUT2D eigenvalue weighted by atomic mass is 10.2. The van der Waals surface area contributed by atoms with Gasteiger partial charge < -0.3 is 19.4 Å². The predicted molar refractivity (Wildman–Crippen MR) is 140 cm³/mol. The van der Waals surface area contributed by atoms with Crippen LogP contribution in [0, 0.1) is 5.82 Å². The Hall–Kier alpha value is -3.77. The Kier molecular flexibility index (Phi) is 7.60. The largest absolute Gasteiger partial charge is 0.497 e. The van der Waals surface area contributed by atoms with Crippen molar-refractivity contribution in [1.29, 1.82) is 0 Å². The fourth-order valence-corrected chi connectivity index (χ4v) is 4.76. The summed E-state index contributed by atoms with van der Waals surface area (Å²) in [5.41, 5.74) is -0.376. The quantitative estimate of drug-likeness (QED) is 0.338. The van der Waals surface area contributed by atoms with Crippen LogP contribution in [0.25, 0.3) is 11.2 Å². The number of ether oxygens (including phenoxy) is 2. The van der Waals surface area contributed by atoms with Gasteiger partial charge in [-0.25, -0.2) is 14.2 Å². The maximum absolute atomic E-state index is 14.6. The summed E-state index contributed by atoms with van der Waals surface area (Å²) in [5.74, 6) is -0.0544. The number of hydrogen-bond donors (Lipinski definition) is 1. The normalized spacial score (nSPS) is 11.1. The minimum atomic E-state index is -0.600. The molecule has 0 radical (unpaired) electrons. The molecule has 2 aromatic heterocycles. The number of nitrogens with zero attached hydrogens (tertiary/aromatic N) is 4. The number of rotatable bonds is 8. The highest BCUT2D eigenvalue weighted by molar-refractivity contribution is 7.99. The highest BCUT2D eigenvalue weighted by Gasteiger charge is 2.22. The smallest absolute Gasteiger partial charge is 0.332 e. The number of benzene rings is 2. The van der Waals surface area contributed by atoms with Crippen LogP contribution in [0.1, 0.15) is 5.56 Å². The molecule has 1 N–H and O–H groups in total. The first-order chi connectivity index (χ1) is 17.7. The van der Waals surface area contributed by atoms with Crippen LogP contribution in [-0.4, -0.2) is 44.6 Å². The molecular formula is C24H23ClFN5O5S. The average Bonchev–Trinajstić information content (AvgIpc) is 3.25. The number of carbonyl (C=O) groups is 1. The molecule has 0 unspecified atom stereocenters. The predicted octanol–water partition coefficient (Wildman–Crippen LogP) is 3.02. The van der Waals surface area contributed by atoms with Gasteiger partial charge in [-0.3, -0.25) is 18.7 Å². The third-order valence-corrected chi connectivity index (χ3v) is 7.04. The van der Waals surface area contributed by atoms with E-state index >= 15 is 0 Å². The van der Waals surface area contributed by atoms with Gasteiger partial charge in [-0.1, -0.05) is 29.4 Å². The van der Waals surface area contributed by atoms with Gasteiger partial charge >= 0.3 is 5.69 Å². The van der Waals surface area contributed by atoms with Gasteiger partial charge in [0.05, 0.1) is 32.2 Å². The molecular weight excluding hydrogens is 525 g/mol. The standard InChI is InChI=1S/C24H23ClFN5O5S/c1-29-21-20(22(33)30(2)24(29)34)31(11-14-15(25)6-5-7-16(14)26)23(28-21)37-12-19(32)27-17-9-8-13(35-3)10-18(17)36-4/h5-10H,11-12H2,1-4H3,(H,27,32). The maximum Gasteiger partial charge on any atom is 0.332 e. The van der Waals surface area contributed by atoms with E-state index in [4.69, 9.17) is 21.1 Å². The molecule has 0 aliphatic carbocycles. The lowest BCUT2D eigenvalue weighted by molar-refractivity contribution is -0.113. The van der Waals surface area contributed by atoms with Crippen molar-refractivity contribution in [2.45, 2.75) is 11.7 Å². The first kappa shape index (κ1) is 26.3. The molecule has 13 heteroatoms. The molecule has 37 heavy (non-hydrogen) atoms. The fraction of sp³-hybridized carbons (Fsp3) is 0.250. The molecule has 4 aromatic rings. The summed E-state index contributed by atoms with van der Waals surface area (Å²) in [5, 5.41) is 3.18. The molecule has 4 rings (SSSR count). The number of aryl methyl sites for hydroxylation is 1. The molecule has 194 valence electrons. The van der Waals surface area contributed by atoms with Gasteiger partial charge in [0.2, 0.25) is 5.91 Å². The van der Waals surface area contributed by atoms with E-state index in [2.05, 4.69) is 10.3 Å². The Bertz CT molecular complexity index is 1610. The lowest BCUT2D eigenvalue weighted by Gasteiger charge is -2.13. The van der Waals surface area contributed by atoms with Gasteiger partial charge in [-0.2, -0.15) is 0 Å². The van der Waals surface area contributed by atoms with Crippen molar-refractivity contribution in [3.63, 3.8) is 0 Å². The van der Waals surface area contributed by atoms with Gasteiger partial charge in [0, 0.05) is 30.7 Å². The Morgan fingerprint density at radius 2 is 1.89 bits per heavy atom. The van der Waals surface area contributed by atoms with E-state index in [1.807, 2.05) is 0 Å². The van der Waals surface area contributed by atoms with E-state index in [1.54, 1.807) is 18.2 Å². The Morgan fingerprint density at radius 1 is 1.14 bits per heavy atom. The molecule has 1 amide bonds. The van der Waals surface area contributed by atoms with Gasteiger partial charge in [0.1, 0.15) is 17.3 Å². The van der Waals surface area contributed by atoms with Crippen molar-refractivity contribution in [2.75, 3.05) is 25.3 Å². The number of hydrogen-bond acceptors (Lipinski definition) is 7. The summed E-state index contributed by atoms with van der Waals surface area (Å²) in [6.07, 6.45) is 0. The monoisotopic (exact) mass is 547 g/mol. The van der Waals surface area contributed by atoms with Crippen LogP contribution >= 0.6 is 23.4 Å². The van der Waals surface area contributed by atoms with Gasteiger partial charge in [-0.15, -0.1) is 0 Å². The Balaban J connectivity index is 1.71. The fourth-order valence-electron chi connectivity index (χ4n) is 3.74. The minimum Gasteiger partial charge on any atom is -0.497 e. The molecule has 0 saturated carbocycles. The lowest BCUT2D eigenvalue weighted by Crippen LogP contribution is -2.37. The number of halogens is 2. The molecule has 2 heterocycles. The van der Waals surface area contributed by atoms with Crippen molar-refractivity contribution in [2.24, 2.45) is 14.1 Å². The van der Waals surface area contributed by atoms with Crippen LogP contribution < -0.4 is 26.0 Å². The van der Waals surface area contributed by atoms with E-state index in [1.165, 1.54) is 55.6 Å². The van der Waals surface area contributed by atoms with E-state index in [9.17, 15) is 18.8 Å². The maximum atomic E-state index is 14.6. The number of amides is 1. The molecule has 0 saturated heterocycles. The van der Waals surface area contributed by atoms with Gasteiger partial charge in [0.15, 0.2) is 16.3 Å². The first-order valence-electron chi connectivity index (χ1n) is 10.9. The number of nitrogens with one attached hydrogen (secondary N) is 1. The highest BCUT2D eigenvalue weighted by atomic mass is 35.5. The molecule has 0 bridgehead atoms. The summed E-state index contributed by atoms with van der Waals surface area (Å²) >= 11 is 7.27. The zero-order chi connectivity index (χ0) is 26.9. The second kappa shape index (κ2) is 10.7. The minimum absolute atomic E-state index is 0.0867. The van der Waals surface area contributed by atoms with E-state index < -0.39 is 17.1 Å². The van der Waals surface area contributed by atoms with Crippen molar-refractivity contribution in [3.8, 4) is 11.5 Å². The molecule has 0 atom stereocenters. The molecule has 2 aromatic carbocycles. The number of thioether (sulfide) groups is 1. The zero-order valence-electron chi connectivity index (χ0n) is 20.4. The van der Waals surface area contributed by atoms with Crippen molar-refractivity contribution in [1.82, 2.24) is 18.7 Å². The van der Waals surface area contributed by atoms with Crippen LogP contribution in [0.5, 0.6) is 11.5 Å². The summed E-state index contributed by atoms with van der Waals surface area (Å²) in [6, 6.07) is 9.24. The number of imidazole rings is 1. The summed E-state index contributed by atoms with van der Waals surface area (Å²) < 4.78 is 28.7. The number of carbonyl (C=O) groups excluding carboxylic acids is 1. The first-order valence-corrected chi connectivity index (χ1v) is 12.3. The second-order valence-electron chi connectivity index (χ2n) is 7.96. The average molecular weight is 548 g/mol. The van der Waals surface area contributed by atoms with Crippen molar-refractivity contribution in [3.05, 3.63) is 73.6 Å². The van der Waals surface area contributed by atoms with E-state index in [0.717, 1.165) is 16.3 Å². The Labute approximate surface area is 219 Å². The second-order valence-corrected chi connectivity index (χ2v) is 9.31. The molecule has 0 spiro atoms. The van der Waals surface area contributed by atoms with Crippen LogP contribution in [0.3, 0.4) is 0 Å². The molecule has 0 aliphatic heterocycles. The van der Waals surface area contributed by atoms with Crippen LogP contribution in [-0.2, 0) is 25.4 Å². The van der Waals surface area contributed by atoms with E-state index in [0.29, 0.717) is 17.2 Å². The van der Waals surface area contributed by atoms with Gasteiger partial charge in [-0.05, 0) is 24.3 Å². The number of methoxy groups -OCH3 is 2. The van der Waals surface area contributed by atoms with Crippen LogP contribution in [0.4, 0.5) is 10.1 Å². The van der Waals surface area contributed by atoms with Crippen LogP contribution in [0.2, 0.25) is 5.02 Å². The SMILES string of the molecule is COc1ccc(NC(=O)CSc2nc3c(c(=O)n(C)c(=O)n3C)n2Cc2c(F)cccc2Cl)c(OC)c1. The van der Waals surface area contributed by atoms with Gasteiger partial charge in [0.25, 0.3) is 5.56 Å². The third-order valence-electron chi connectivity index (χ3n) is 5.71. The third kappa shape index (κ3) is 5.07. The number of anilines is 1. The van der Waals surface area contributed by atoms with Crippen molar-refractivity contribution < 1.29 is 18.7 Å². The van der Waals surface area contributed by atoms with Crippen LogP contribution in [0.15, 0.2) is 51.1 Å². The number of fused-ring (bicyclic) bond motifs is 1. The van der Waals surface area contributed by atoms with Crippen molar-refractivity contribution >= 4 is 46.1 Å². The molecule has 0 fully saturated rings. The van der Waals surface area contributed by atoms with E-state index in [-0.39, 0.29) is 45.1 Å². The molecule has 10 nitrogen and oxygen atoms in total. The summed E-state index contributed by atoms with van der Waals surface area (Å²) in [4.78, 5) is 42.8. The topological polar surface area (TPSA) is 109 Å². The molecule has 0 aliphatic rings. The Morgan fingerprint density at radius 3 is 2.57 bits per heavy atom. The zero-order valence-corrected chi connectivity index (χ0v) is 21.9. The highest BCUT2D eigenvalue weighted by Crippen LogP contribution is 2.30. The summed E-state index contributed by atoms with van der Waals surface area (Å²) in [7, 11) is 5.82. The number of aromatic nitrogens is 4.